The van der Waals surface area contributed by atoms with Crippen LogP contribution < -0.4 is 10.4 Å². The topological polar surface area (TPSA) is 52.2 Å². The van der Waals surface area contributed by atoms with Gasteiger partial charge in [-0.3, -0.25) is 0 Å². The van der Waals surface area contributed by atoms with E-state index in [0.717, 1.165) is 5.69 Å². The molecule has 1 saturated carbocycles. The highest BCUT2D eigenvalue weighted by atomic mass is 16.4. The lowest BCUT2D eigenvalue weighted by molar-refractivity contribution is -0.255. The van der Waals surface area contributed by atoms with Gasteiger partial charge in [-0.05, 0) is 30.5 Å². The van der Waals surface area contributed by atoms with Gasteiger partial charge in [-0.2, -0.15) is 0 Å². The van der Waals surface area contributed by atoms with Crippen LogP contribution in [-0.4, -0.2) is 12.0 Å². The van der Waals surface area contributed by atoms with Crippen LogP contribution in [0.5, 0.6) is 0 Å². The van der Waals surface area contributed by atoms with Gasteiger partial charge in [0.25, 0.3) is 0 Å². The second-order valence-corrected chi connectivity index (χ2v) is 4.34. The van der Waals surface area contributed by atoms with E-state index in [1.165, 1.54) is 32.1 Å². The highest BCUT2D eigenvalue weighted by molar-refractivity contribution is 5.86. The van der Waals surface area contributed by atoms with Gasteiger partial charge in [0.15, 0.2) is 0 Å². The van der Waals surface area contributed by atoms with Crippen LogP contribution in [0.4, 0.5) is 5.69 Å². The molecule has 1 N–H and O–H groups in total. The lowest BCUT2D eigenvalue weighted by Gasteiger charge is -2.23. The van der Waals surface area contributed by atoms with E-state index in [9.17, 15) is 9.90 Å². The quantitative estimate of drug-likeness (QED) is 0.841. The Hall–Kier alpha value is -1.51. The Kier molecular flexibility index (Phi) is 3.44. The number of carboxylic acids is 1. The van der Waals surface area contributed by atoms with Crippen molar-refractivity contribution in [2.75, 3.05) is 5.32 Å². The van der Waals surface area contributed by atoms with Crippen LogP contribution in [0.3, 0.4) is 0 Å². The third-order valence-electron chi connectivity index (χ3n) is 3.10. The minimum atomic E-state index is -1.12. The third-order valence-corrected chi connectivity index (χ3v) is 3.10. The van der Waals surface area contributed by atoms with E-state index < -0.39 is 5.97 Å². The van der Waals surface area contributed by atoms with Gasteiger partial charge in [0, 0.05) is 11.7 Å². The number of benzene rings is 1. The van der Waals surface area contributed by atoms with Gasteiger partial charge in [-0.1, -0.05) is 31.4 Å². The molecular weight excluding hydrogens is 202 g/mol. The summed E-state index contributed by atoms with van der Waals surface area (Å²) in [4.78, 5) is 10.6. The predicted molar refractivity (Wildman–Crippen MR) is 61.3 cm³/mol. The number of hydrogen-bond acceptors (Lipinski definition) is 3. The summed E-state index contributed by atoms with van der Waals surface area (Å²) in [7, 11) is 0. The molecule has 86 valence electrons. The van der Waals surface area contributed by atoms with E-state index in [1.54, 1.807) is 24.3 Å². The summed E-state index contributed by atoms with van der Waals surface area (Å²) in [6.07, 6.45) is 6.33. The largest absolute Gasteiger partial charge is 0.545 e. The molecule has 3 heteroatoms. The Balaban J connectivity index is 1.96. The van der Waals surface area contributed by atoms with Gasteiger partial charge < -0.3 is 15.2 Å². The molecule has 1 fully saturated rings. The second kappa shape index (κ2) is 5.01. The molecule has 1 aliphatic rings. The van der Waals surface area contributed by atoms with E-state index in [0.29, 0.717) is 6.04 Å². The molecule has 0 saturated heterocycles. The highest BCUT2D eigenvalue weighted by Gasteiger charge is 2.12. The van der Waals surface area contributed by atoms with Crippen molar-refractivity contribution < 1.29 is 9.90 Å². The Morgan fingerprint density at radius 2 is 1.75 bits per heavy atom. The fourth-order valence-electron chi connectivity index (χ4n) is 2.19. The minimum absolute atomic E-state index is 0.231. The van der Waals surface area contributed by atoms with Crippen molar-refractivity contribution in [2.45, 2.75) is 38.1 Å². The second-order valence-electron chi connectivity index (χ2n) is 4.34. The summed E-state index contributed by atoms with van der Waals surface area (Å²) >= 11 is 0. The Morgan fingerprint density at radius 1 is 1.12 bits per heavy atom. The van der Waals surface area contributed by atoms with Crippen molar-refractivity contribution in [1.29, 1.82) is 0 Å². The molecule has 2 rings (SSSR count). The lowest BCUT2D eigenvalue weighted by Crippen LogP contribution is -2.23. The lowest BCUT2D eigenvalue weighted by atomic mass is 9.95. The molecule has 0 radical (unpaired) electrons. The zero-order valence-electron chi connectivity index (χ0n) is 9.24. The first-order valence-corrected chi connectivity index (χ1v) is 5.83. The van der Waals surface area contributed by atoms with Crippen molar-refractivity contribution in [3.05, 3.63) is 29.8 Å². The summed E-state index contributed by atoms with van der Waals surface area (Å²) in [6, 6.07) is 7.32. The molecule has 0 unspecified atom stereocenters. The summed E-state index contributed by atoms with van der Waals surface area (Å²) in [5.74, 6) is -1.12. The SMILES string of the molecule is O=C([O-])c1ccc(NC2CCCCC2)cc1. The number of carbonyl (C=O) groups is 1. The Morgan fingerprint density at radius 3 is 2.31 bits per heavy atom. The zero-order valence-corrected chi connectivity index (χ0v) is 9.24. The maximum atomic E-state index is 10.6. The van der Waals surface area contributed by atoms with Crippen molar-refractivity contribution in [1.82, 2.24) is 0 Å². The molecule has 0 aromatic heterocycles. The zero-order chi connectivity index (χ0) is 11.4. The van der Waals surface area contributed by atoms with Crippen molar-refractivity contribution in [2.24, 2.45) is 0 Å². The fraction of sp³-hybridized carbons (Fsp3) is 0.462. The van der Waals surface area contributed by atoms with Gasteiger partial charge in [0.2, 0.25) is 0 Å². The average molecular weight is 218 g/mol. The molecule has 1 aromatic rings. The van der Waals surface area contributed by atoms with Crippen molar-refractivity contribution in [3.8, 4) is 0 Å². The van der Waals surface area contributed by atoms with Gasteiger partial charge in [0.1, 0.15) is 0 Å². The van der Waals surface area contributed by atoms with Gasteiger partial charge in [-0.25, -0.2) is 0 Å². The van der Waals surface area contributed by atoms with Crippen LogP contribution in [0.1, 0.15) is 42.5 Å². The van der Waals surface area contributed by atoms with E-state index in [1.807, 2.05) is 0 Å². The smallest absolute Gasteiger partial charge is 0.0715 e. The number of rotatable bonds is 3. The standard InChI is InChI=1S/C13H17NO2/c15-13(16)10-6-8-12(9-7-10)14-11-4-2-1-3-5-11/h6-9,11,14H,1-5H2,(H,15,16)/p-1. The molecule has 0 heterocycles. The normalized spacial score (nSPS) is 17.0. The summed E-state index contributed by atoms with van der Waals surface area (Å²) in [6.45, 7) is 0. The predicted octanol–water partition coefficient (Wildman–Crippen LogP) is 1.79. The molecular formula is C13H16NO2-. The summed E-state index contributed by atoms with van der Waals surface area (Å²) in [5.41, 5.74) is 1.23. The van der Waals surface area contributed by atoms with Crippen LogP contribution in [-0.2, 0) is 0 Å². The minimum Gasteiger partial charge on any atom is -0.545 e. The molecule has 0 spiro atoms. The first-order valence-electron chi connectivity index (χ1n) is 5.83. The van der Waals surface area contributed by atoms with Crippen LogP contribution in [0.15, 0.2) is 24.3 Å². The maximum absolute atomic E-state index is 10.6. The first kappa shape index (κ1) is 11.0. The molecule has 1 aromatic carbocycles. The molecule has 16 heavy (non-hydrogen) atoms. The third kappa shape index (κ3) is 2.75. The van der Waals surface area contributed by atoms with Crippen LogP contribution in [0.25, 0.3) is 0 Å². The average Bonchev–Trinajstić information content (AvgIpc) is 2.31. The molecule has 3 nitrogen and oxygen atoms in total. The summed E-state index contributed by atoms with van der Waals surface area (Å²) in [5, 5.41) is 14.0. The Bertz CT molecular complexity index is 353. The van der Waals surface area contributed by atoms with E-state index >= 15 is 0 Å². The molecule has 0 atom stereocenters. The number of aromatic carboxylic acids is 1. The summed E-state index contributed by atoms with van der Waals surface area (Å²) < 4.78 is 0. The van der Waals surface area contributed by atoms with Gasteiger partial charge >= 0.3 is 0 Å². The number of carboxylic acid groups (broad SMARTS) is 1. The van der Waals surface area contributed by atoms with Gasteiger partial charge in [-0.15, -0.1) is 0 Å². The number of nitrogens with one attached hydrogen (secondary N) is 1. The first-order chi connectivity index (χ1) is 7.75. The van der Waals surface area contributed by atoms with E-state index in [-0.39, 0.29) is 5.56 Å². The number of anilines is 1. The highest BCUT2D eigenvalue weighted by Crippen LogP contribution is 2.21. The van der Waals surface area contributed by atoms with Crippen molar-refractivity contribution in [3.63, 3.8) is 0 Å². The fourth-order valence-corrected chi connectivity index (χ4v) is 2.19. The number of hydrogen-bond donors (Lipinski definition) is 1. The van der Waals surface area contributed by atoms with Crippen LogP contribution in [0.2, 0.25) is 0 Å². The molecule has 1 aliphatic carbocycles. The Labute approximate surface area is 95.5 Å². The van der Waals surface area contributed by atoms with Crippen LogP contribution in [0, 0.1) is 0 Å². The molecule has 0 bridgehead atoms. The maximum Gasteiger partial charge on any atom is 0.0715 e. The van der Waals surface area contributed by atoms with E-state index in [4.69, 9.17) is 0 Å². The van der Waals surface area contributed by atoms with E-state index in [2.05, 4.69) is 5.32 Å². The molecule has 0 aliphatic heterocycles. The van der Waals surface area contributed by atoms with Crippen LogP contribution >= 0.6 is 0 Å². The molecule has 0 amide bonds. The number of carbonyl (C=O) groups excluding carboxylic acids is 1. The van der Waals surface area contributed by atoms with Crippen molar-refractivity contribution >= 4 is 11.7 Å². The van der Waals surface area contributed by atoms with Gasteiger partial charge in [0.05, 0.1) is 5.97 Å². The monoisotopic (exact) mass is 218 g/mol.